The summed E-state index contributed by atoms with van der Waals surface area (Å²) >= 11 is 0. The monoisotopic (exact) mass is 345 g/mol. The van der Waals surface area contributed by atoms with E-state index in [1.807, 2.05) is 6.07 Å². The summed E-state index contributed by atoms with van der Waals surface area (Å²) in [5.41, 5.74) is 0.787. The number of aliphatic hydroxyl groups excluding tert-OH is 1. The Balaban J connectivity index is 1.65. The molecule has 128 valence electrons. The van der Waals surface area contributed by atoms with Crippen LogP contribution in [0.2, 0.25) is 0 Å². The van der Waals surface area contributed by atoms with E-state index in [1.165, 1.54) is 0 Å². The maximum atomic E-state index is 12.1. The number of amides is 1. The van der Waals surface area contributed by atoms with E-state index in [4.69, 9.17) is 15.3 Å². The van der Waals surface area contributed by atoms with Crippen LogP contribution in [0.4, 0.5) is 5.69 Å². The van der Waals surface area contributed by atoms with Crippen LogP contribution in [0, 0.1) is 28.6 Å². The second-order valence-corrected chi connectivity index (χ2v) is 5.86. The van der Waals surface area contributed by atoms with Crippen LogP contribution < -0.4 is 10.1 Å². The Morgan fingerprint density at radius 1 is 1.04 bits per heavy atom. The molecular weight excluding hydrogens is 330 g/mol. The van der Waals surface area contributed by atoms with E-state index in [1.54, 1.807) is 54.6 Å². The van der Waals surface area contributed by atoms with Gasteiger partial charge in [0.05, 0.1) is 11.6 Å². The molecule has 1 aliphatic carbocycles. The molecule has 2 aromatic rings. The zero-order chi connectivity index (χ0) is 18.5. The van der Waals surface area contributed by atoms with E-state index in [2.05, 4.69) is 5.32 Å². The molecule has 0 aromatic heterocycles. The third-order valence-corrected chi connectivity index (χ3v) is 3.89. The molecule has 0 unspecified atom stereocenters. The number of rotatable bonds is 5. The SMILES string of the molecule is N#CC(C(=O)Nc1ccc(Oc2ccc(C#N)cc2)cc1)=C(O)C1CC1. The molecule has 0 atom stereocenters. The van der Waals surface area contributed by atoms with Gasteiger partial charge in [-0.2, -0.15) is 10.5 Å². The molecule has 26 heavy (non-hydrogen) atoms. The van der Waals surface area contributed by atoms with Gasteiger partial charge in [0.2, 0.25) is 0 Å². The first-order valence-electron chi connectivity index (χ1n) is 8.03. The molecular formula is C20H15N3O3. The van der Waals surface area contributed by atoms with Gasteiger partial charge in [-0.3, -0.25) is 4.79 Å². The molecule has 1 aliphatic rings. The minimum atomic E-state index is -0.627. The fourth-order valence-corrected chi connectivity index (χ4v) is 2.32. The van der Waals surface area contributed by atoms with Crippen LogP contribution in [-0.4, -0.2) is 11.0 Å². The zero-order valence-corrected chi connectivity index (χ0v) is 13.8. The Bertz CT molecular complexity index is 928. The highest BCUT2D eigenvalue weighted by molar-refractivity contribution is 6.07. The average Bonchev–Trinajstić information content (AvgIpc) is 3.50. The molecule has 6 heteroatoms. The molecule has 3 rings (SSSR count). The molecule has 1 saturated carbocycles. The van der Waals surface area contributed by atoms with Crippen LogP contribution in [0.25, 0.3) is 0 Å². The standard InChI is InChI=1S/C20H15N3O3/c21-11-13-1-7-16(8-2-13)26-17-9-5-15(6-10-17)23-20(25)18(12-22)19(24)14-3-4-14/h1-2,5-10,14,24H,3-4H2,(H,23,25). The lowest BCUT2D eigenvalue weighted by atomic mass is 10.1. The van der Waals surface area contributed by atoms with Crippen molar-refractivity contribution < 1.29 is 14.6 Å². The molecule has 0 spiro atoms. The molecule has 0 radical (unpaired) electrons. The number of carbonyl (C=O) groups excluding carboxylic acids is 1. The van der Waals surface area contributed by atoms with E-state index in [-0.39, 0.29) is 17.3 Å². The van der Waals surface area contributed by atoms with Crippen LogP contribution in [0.1, 0.15) is 18.4 Å². The van der Waals surface area contributed by atoms with Crippen LogP contribution in [0.3, 0.4) is 0 Å². The molecule has 2 aromatic carbocycles. The Hall–Kier alpha value is -3.77. The third-order valence-electron chi connectivity index (χ3n) is 3.89. The molecule has 6 nitrogen and oxygen atoms in total. The van der Waals surface area contributed by atoms with Gasteiger partial charge in [0, 0.05) is 11.6 Å². The van der Waals surface area contributed by atoms with Crippen LogP contribution in [-0.2, 0) is 4.79 Å². The van der Waals surface area contributed by atoms with Gasteiger partial charge in [0.25, 0.3) is 5.91 Å². The van der Waals surface area contributed by atoms with Crippen molar-refractivity contribution in [1.82, 2.24) is 0 Å². The van der Waals surface area contributed by atoms with Crippen molar-refractivity contribution in [2.45, 2.75) is 12.8 Å². The first-order chi connectivity index (χ1) is 12.6. The highest BCUT2D eigenvalue weighted by Crippen LogP contribution is 2.36. The first kappa shape index (κ1) is 17.1. The highest BCUT2D eigenvalue weighted by Gasteiger charge is 2.30. The number of hydrogen-bond acceptors (Lipinski definition) is 5. The van der Waals surface area contributed by atoms with Crippen LogP contribution in [0.5, 0.6) is 11.5 Å². The van der Waals surface area contributed by atoms with Gasteiger partial charge in [-0.1, -0.05) is 0 Å². The maximum absolute atomic E-state index is 12.1. The third kappa shape index (κ3) is 4.00. The Morgan fingerprint density at radius 2 is 1.62 bits per heavy atom. The van der Waals surface area contributed by atoms with Gasteiger partial charge in [0.15, 0.2) is 5.57 Å². The van der Waals surface area contributed by atoms with Crippen molar-refractivity contribution in [2.24, 2.45) is 5.92 Å². The first-order valence-corrected chi connectivity index (χ1v) is 8.03. The number of anilines is 1. The number of nitrogens with zero attached hydrogens (tertiary/aromatic N) is 2. The van der Waals surface area contributed by atoms with E-state index >= 15 is 0 Å². The summed E-state index contributed by atoms with van der Waals surface area (Å²) in [6, 6.07) is 17.1. The number of nitriles is 2. The average molecular weight is 345 g/mol. The number of aliphatic hydroxyl groups is 1. The molecule has 0 heterocycles. The topological polar surface area (TPSA) is 106 Å². The van der Waals surface area contributed by atoms with Gasteiger partial charge >= 0.3 is 0 Å². The van der Waals surface area contributed by atoms with Gasteiger partial charge in [-0.05, 0) is 61.4 Å². The predicted octanol–water partition coefficient (Wildman–Crippen LogP) is 4.03. The fraction of sp³-hybridized carbons (Fsp3) is 0.150. The van der Waals surface area contributed by atoms with Crippen molar-refractivity contribution in [1.29, 1.82) is 10.5 Å². The van der Waals surface area contributed by atoms with Gasteiger partial charge in [0.1, 0.15) is 23.3 Å². The van der Waals surface area contributed by atoms with E-state index < -0.39 is 5.91 Å². The summed E-state index contributed by atoms with van der Waals surface area (Å²) in [6.45, 7) is 0. The molecule has 0 bridgehead atoms. The van der Waals surface area contributed by atoms with Crippen molar-refractivity contribution in [3.05, 3.63) is 65.4 Å². The second kappa shape index (κ2) is 7.42. The number of nitrogens with one attached hydrogen (secondary N) is 1. The summed E-state index contributed by atoms with van der Waals surface area (Å²) in [5, 5.41) is 30.4. The van der Waals surface area contributed by atoms with Crippen LogP contribution >= 0.6 is 0 Å². The number of ether oxygens (including phenoxy) is 1. The van der Waals surface area contributed by atoms with Crippen molar-refractivity contribution >= 4 is 11.6 Å². The van der Waals surface area contributed by atoms with Crippen molar-refractivity contribution in [3.63, 3.8) is 0 Å². The molecule has 2 N–H and O–H groups in total. The van der Waals surface area contributed by atoms with Gasteiger partial charge in [-0.15, -0.1) is 0 Å². The van der Waals surface area contributed by atoms with E-state index in [0.717, 1.165) is 12.8 Å². The van der Waals surface area contributed by atoms with Crippen LogP contribution in [0.15, 0.2) is 59.9 Å². The quantitative estimate of drug-likeness (QED) is 0.483. The summed E-state index contributed by atoms with van der Waals surface area (Å²) in [5.74, 6) is 0.316. The smallest absolute Gasteiger partial charge is 0.269 e. The predicted molar refractivity (Wildman–Crippen MR) is 94.3 cm³/mol. The Labute approximate surface area is 150 Å². The van der Waals surface area contributed by atoms with E-state index in [9.17, 15) is 9.90 Å². The summed E-state index contributed by atoms with van der Waals surface area (Å²) in [7, 11) is 0. The number of allylic oxidation sites excluding steroid dienone is 1. The summed E-state index contributed by atoms with van der Waals surface area (Å²) < 4.78 is 5.66. The largest absolute Gasteiger partial charge is 0.510 e. The normalized spacial score (nSPS) is 13.8. The lowest BCUT2D eigenvalue weighted by Gasteiger charge is -2.08. The minimum Gasteiger partial charge on any atom is -0.510 e. The molecule has 0 aliphatic heterocycles. The number of benzene rings is 2. The number of hydrogen-bond donors (Lipinski definition) is 2. The Kier molecular flexibility index (Phi) is 4.87. The Morgan fingerprint density at radius 3 is 2.12 bits per heavy atom. The molecule has 1 fully saturated rings. The summed E-state index contributed by atoms with van der Waals surface area (Å²) in [4.78, 5) is 12.1. The van der Waals surface area contributed by atoms with Gasteiger partial charge < -0.3 is 15.2 Å². The zero-order valence-electron chi connectivity index (χ0n) is 13.8. The molecule has 1 amide bonds. The fourth-order valence-electron chi connectivity index (χ4n) is 2.32. The maximum Gasteiger partial charge on any atom is 0.269 e. The van der Waals surface area contributed by atoms with Crippen molar-refractivity contribution in [3.8, 4) is 23.6 Å². The molecule has 0 saturated heterocycles. The summed E-state index contributed by atoms with van der Waals surface area (Å²) in [6.07, 6.45) is 1.59. The second-order valence-electron chi connectivity index (χ2n) is 5.86. The lowest BCUT2D eigenvalue weighted by molar-refractivity contribution is -0.112. The lowest BCUT2D eigenvalue weighted by Crippen LogP contribution is -2.15. The minimum absolute atomic E-state index is 0.0707. The van der Waals surface area contributed by atoms with Gasteiger partial charge in [-0.25, -0.2) is 0 Å². The number of carbonyl (C=O) groups is 1. The van der Waals surface area contributed by atoms with Crippen molar-refractivity contribution in [2.75, 3.05) is 5.32 Å². The highest BCUT2D eigenvalue weighted by atomic mass is 16.5. The van der Waals surface area contributed by atoms with E-state index in [0.29, 0.717) is 22.7 Å².